The normalized spacial score (nSPS) is 12.9. The molecule has 0 atom stereocenters. The number of nitrogen functional groups attached to an aromatic ring is 1. The number of anilines is 3. The lowest BCUT2D eigenvalue weighted by Crippen LogP contribution is -2.13. The number of hydroxylamine groups is 1. The number of hydrogen-bond donors (Lipinski definition) is 3. The van der Waals surface area contributed by atoms with Crippen molar-refractivity contribution in [2.45, 2.75) is 19.3 Å². The molecule has 0 spiro atoms. The van der Waals surface area contributed by atoms with Gasteiger partial charge in [-0.3, -0.25) is 15.1 Å². The molecule has 0 saturated heterocycles. The molecule has 30 heavy (non-hydrogen) atoms. The fourth-order valence-electron chi connectivity index (χ4n) is 3.96. The van der Waals surface area contributed by atoms with Crippen molar-refractivity contribution in [1.82, 2.24) is 4.98 Å². The first-order valence-electron chi connectivity index (χ1n) is 9.64. The molecule has 0 unspecified atom stereocenters. The van der Waals surface area contributed by atoms with Gasteiger partial charge in [0, 0.05) is 29.4 Å². The zero-order valence-corrected chi connectivity index (χ0v) is 17.1. The SMILES string of the molecule is CN(O)c1ccc(NC(=O)c2sc3nc4c(c(-c5ccco5)c3c2N)CCC4)cc1. The van der Waals surface area contributed by atoms with Gasteiger partial charge >= 0.3 is 0 Å². The van der Waals surface area contributed by atoms with Gasteiger partial charge in [0.25, 0.3) is 5.91 Å². The number of nitrogens with two attached hydrogens (primary N) is 1. The molecule has 3 heterocycles. The number of furan rings is 1. The molecule has 0 bridgehead atoms. The molecule has 8 heteroatoms. The minimum absolute atomic E-state index is 0.286. The van der Waals surface area contributed by atoms with E-state index in [1.165, 1.54) is 18.4 Å². The number of amides is 1. The van der Waals surface area contributed by atoms with Crippen LogP contribution in [0.3, 0.4) is 0 Å². The average molecular weight is 420 g/mol. The van der Waals surface area contributed by atoms with Crippen molar-refractivity contribution in [3.05, 3.63) is 58.8 Å². The zero-order chi connectivity index (χ0) is 20.8. The topological polar surface area (TPSA) is 105 Å². The third-order valence-corrected chi connectivity index (χ3v) is 6.47. The van der Waals surface area contributed by atoms with Gasteiger partial charge < -0.3 is 15.5 Å². The van der Waals surface area contributed by atoms with Gasteiger partial charge in [-0.1, -0.05) is 0 Å². The number of aromatic nitrogens is 1. The van der Waals surface area contributed by atoms with E-state index in [1.54, 1.807) is 30.5 Å². The molecule has 7 nitrogen and oxygen atoms in total. The van der Waals surface area contributed by atoms with Gasteiger partial charge in [-0.15, -0.1) is 11.3 Å². The standard InChI is InChI=1S/C22H20N4O3S/c1-26(28)13-9-7-12(8-10-13)24-21(27)20-19(23)18-17(16-6-3-11-29-16)14-4-2-5-15(14)25-22(18)30-20/h3,6-11,28H,2,4-5,23H2,1H3,(H,24,27). The number of thiophene rings is 1. The molecule has 0 saturated carbocycles. The summed E-state index contributed by atoms with van der Waals surface area (Å²) in [5, 5.41) is 14.2. The highest BCUT2D eigenvalue weighted by Gasteiger charge is 2.27. The highest BCUT2D eigenvalue weighted by molar-refractivity contribution is 7.21. The predicted molar refractivity (Wildman–Crippen MR) is 118 cm³/mol. The Balaban J connectivity index is 1.57. The molecule has 4 aromatic rings. The van der Waals surface area contributed by atoms with Crippen LogP contribution in [-0.4, -0.2) is 23.1 Å². The molecular weight excluding hydrogens is 400 g/mol. The minimum Gasteiger partial charge on any atom is -0.464 e. The number of carbonyl (C=O) groups excluding carboxylic acids is 1. The van der Waals surface area contributed by atoms with Crippen molar-refractivity contribution in [3.8, 4) is 11.3 Å². The second-order valence-electron chi connectivity index (χ2n) is 7.29. The van der Waals surface area contributed by atoms with E-state index in [0.29, 0.717) is 21.9 Å². The van der Waals surface area contributed by atoms with Gasteiger partial charge in [0.05, 0.1) is 17.6 Å². The quantitative estimate of drug-likeness (QED) is 0.413. The molecule has 152 valence electrons. The lowest BCUT2D eigenvalue weighted by atomic mass is 10.0. The first-order chi connectivity index (χ1) is 14.5. The first kappa shape index (κ1) is 18.7. The van der Waals surface area contributed by atoms with Gasteiger partial charge in [-0.25, -0.2) is 4.98 Å². The van der Waals surface area contributed by atoms with Gasteiger partial charge in [0.1, 0.15) is 15.5 Å². The summed E-state index contributed by atoms with van der Waals surface area (Å²) in [6.07, 6.45) is 4.55. The third-order valence-electron chi connectivity index (χ3n) is 5.38. The summed E-state index contributed by atoms with van der Waals surface area (Å²) in [6, 6.07) is 10.7. The number of rotatable bonds is 4. The number of fused-ring (bicyclic) bond motifs is 2. The van der Waals surface area contributed by atoms with E-state index >= 15 is 0 Å². The monoisotopic (exact) mass is 420 g/mol. The molecule has 4 N–H and O–H groups in total. The summed E-state index contributed by atoms with van der Waals surface area (Å²) in [6.45, 7) is 0. The summed E-state index contributed by atoms with van der Waals surface area (Å²) >= 11 is 1.30. The van der Waals surface area contributed by atoms with Crippen LogP contribution >= 0.6 is 11.3 Å². The van der Waals surface area contributed by atoms with Crippen LogP contribution in [0.5, 0.6) is 0 Å². The molecule has 3 aromatic heterocycles. The van der Waals surface area contributed by atoms with Crippen LogP contribution in [-0.2, 0) is 12.8 Å². The van der Waals surface area contributed by atoms with Crippen LogP contribution < -0.4 is 16.1 Å². The Kier molecular flexibility index (Phi) is 4.45. The van der Waals surface area contributed by atoms with Crippen molar-refractivity contribution in [1.29, 1.82) is 0 Å². The summed E-state index contributed by atoms with van der Waals surface area (Å²) in [5.41, 5.74) is 11.3. The Labute approximate surface area is 176 Å². The second kappa shape index (κ2) is 7.16. The lowest BCUT2D eigenvalue weighted by Gasteiger charge is -2.11. The van der Waals surface area contributed by atoms with Crippen molar-refractivity contribution < 1.29 is 14.4 Å². The summed E-state index contributed by atoms with van der Waals surface area (Å²) in [7, 11) is 1.53. The maximum atomic E-state index is 13.0. The van der Waals surface area contributed by atoms with Crippen LogP contribution in [0.2, 0.25) is 0 Å². The van der Waals surface area contributed by atoms with Gasteiger partial charge in [0.2, 0.25) is 0 Å². The first-order valence-corrected chi connectivity index (χ1v) is 10.5. The lowest BCUT2D eigenvalue weighted by molar-refractivity contribution is 0.103. The maximum Gasteiger partial charge on any atom is 0.267 e. The largest absolute Gasteiger partial charge is 0.464 e. The smallest absolute Gasteiger partial charge is 0.267 e. The number of aryl methyl sites for hydroxylation is 1. The van der Waals surface area contributed by atoms with Gasteiger partial charge in [-0.05, 0) is 61.2 Å². The van der Waals surface area contributed by atoms with Crippen molar-refractivity contribution in [2.75, 3.05) is 23.2 Å². The van der Waals surface area contributed by atoms with E-state index < -0.39 is 0 Å². The molecule has 1 aromatic carbocycles. The van der Waals surface area contributed by atoms with E-state index in [2.05, 4.69) is 5.32 Å². The van der Waals surface area contributed by atoms with Crippen molar-refractivity contribution >= 4 is 44.5 Å². The third kappa shape index (κ3) is 3.01. The molecule has 1 aliphatic rings. The Morgan fingerprint density at radius 2 is 2.07 bits per heavy atom. The molecule has 1 aliphatic carbocycles. The highest BCUT2D eigenvalue weighted by atomic mass is 32.1. The number of benzene rings is 1. The Morgan fingerprint density at radius 3 is 2.77 bits per heavy atom. The van der Waals surface area contributed by atoms with E-state index in [0.717, 1.165) is 57.1 Å². The number of nitrogens with one attached hydrogen (secondary N) is 1. The van der Waals surface area contributed by atoms with Crippen LogP contribution in [0.15, 0.2) is 47.1 Å². The zero-order valence-electron chi connectivity index (χ0n) is 16.3. The fraction of sp³-hybridized carbons (Fsp3) is 0.182. The Bertz CT molecular complexity index is 1240. The average Bonchev–Trinajstić information content (AvgIpc) is 3.47. The second-order valence-corrected chi connectivity index (χ2v) is 8.29. The molecule has 0 fully saturated rings. The molecule has 1 amide bonds. The summed E-state index contributed by atoms with van der Waals surface area (Å²) in [5.74, 6) is 0.465. The van der Waals surface area contributed by atoms with Crippen LogP contribution in [0.4, 0.5) is 17.1 Å². The molecule has 0 aliphatic heterocycles. The Morgan fingerprint density at radius 1 is 1.27 bits per heavy atom. The van der Waals surface area contributed by atoms with E-state index in [9.17, 15) is 10.0 Å². The molecular formula is C22H20N4O3S. The number of nitrogens with zero attached hydrogens (tertiary/aromatic N) is 2. The van der Waals surface area contributed by atoms with Crippen molar-refractivity contribution in [2.24, 2.45) is 0 Å². The number of carbonyl (C=O) groups is 1. The van der Waals surface area contributed by atoms with Gasteiger partial charge in [-0.2, -0.15) is 0 Å². The fourth-order valence-corrected chi connectivity index (χ4v) is 4.97. The summed E-state index contributed by atoms with van der Waals surface area (Å²) < 4.78 is 5.70. The molecule has 0 radical (unpaired) electrons. The predicted octanol–water partition coefficient (Wildman–Crippen LogP) is 4.70. The minimum atomic E-state index is -0.286. The van der Waals surface area contributed by atoms with E-state index in [1.807, 2.05) is 12.1 Å². The van der Waals surface area contributed by atoms with Crippen molar-refractivity contribution in [3.63, 3.8) is 0 Å². The van der Waals surface area contributed by atoms with Crippen LogP contribution in [0.25, 0.3) is 21.5 Å². The highest BCUT2D eigenvalue weighted by Crippen LogP contribution is 2.44. The Hall–Kier alpha value is -3.36. The van der Waals surface area contributed by atoms with Crippen LogP contribution in [0.1, 0.15) is 27.3 Å². The molecule has 5 rings (SSSR count). The number of pyridine rings is 1. The van der Waals surface area contributed by atoms with E-state index in [-0.39, 0.29) is 5.91 Å². The van der Waals surface area contributed by atoms with E-state index in [4.69, 9.17) is 15.1 Å². The van der Waals surface area contributed by atoms with Crippen LogP contribution in [0, 0.1) is 0 Å². The van der Waals surface area contributed by atoms with Gasteiger partial charge in [0.15, 0.2) is 0 Å². The summed E-state index contributed by atoms with van der Waals surface area (Å²) in [4.78, 5) is 19.0. The number of hydrogen-bond acceptors (Lipinski definition) is 7. The maximum absolute atomic E-state index is 13.0.